The second-order valence-electron chi connectivity index (χ2n) is 4.32. The van der Waals surface area contributed by atoms with E-state index in [1.807, 2.05) is 16.8 Å². The van der Waals surface area contributed by atoms with Gasteiger partial charge in [-0.25, -0.2) is 0 Å². The summed E-state index contributed by atoms with van der Waals surface area (Å²) in [6.45, 7) is -0.312. The van der Waals surface area contributed by atoms with Crippen molar-refractivity contribution < 1.29 is 14.3 Å². The Bertz CT molecular complexity index is 613. The van der Waals surface area contributed by atoms with Crippen molar-refractivity contribution in [3.63, 3.8) is 0 Å². The van der Waals surface area contributed by atoms with Gasteiger partial charge < -0.3 is 10.1 Å². The van der Waals surface area contributed by atoms with E-state index in [9.17, 15) is 9.59 Å². The van der Waals surface area contributed by atoms with Crippen LogP contribution >= 0.6 is 22.9 Å². The third-order valence-electron chi connectivity index (χ3n) is 2.71. The molecule has 1 aromatic heterocycles. The lowest BCUT2D eigenvalue weighted by Gasteiger charge is -2.07. The Kier molecular flexibility index (Phi) is 5.78. The minimum Gasteiger partial charge on any atom is -0.456 e. The average Bonchev–Trinajstić information content (AvgIpc) is 2.99. The predicted octanol–water partition coefficient (Wildman–Crippen LogP) is 3.52. The SMILES string of the molecule is O=C(COC(=O)CCc1ccsc1)Nc1ccccc1Cl. The number of hydrogen-bond donors (Lipinski definition) is 1. The number of ether oxygens (including phenoxy) is 1. The molecule has 0 unspecified atom stereocenters. The van der Waals surface area contributed by atoms with E-state index in [2.05, 4.69) is 5.32 Å². The van der Waals surface area contributed by atoms with Crippen molar-refractivity contribution >= 4 is 40.5 Å². The first kappa shape index (κ1) is 15.5. The molecule has 1 amide bonds. The molecule has 0 bridgehead atoms. The highest BCUT2D eigenvalue weighted by Crippen LogP contribution is 2.20. The molecule has 2 rings (SSSR count). The van der Waals surface area contributed by atoms with Crippen LogP contribution in [-0.2, 0) is 20.7 Å². The normalized spacial score (nSPS) is 10.1. The van der Waals surface area contributed by atoms with Gasteiger partial charge in [0.15, 0.2) is 6.61 Å². The van der Waals surface area contributed by atoms with Gasteiger partial charge in [-0.05, 0) is 40.9 Å². The minimum atomic E-state index is -0.410. The van der Waals surface area contributed by atoms with E-state index < -0.39 is 11.9 Å². The maximum absolute atomic E-state index is 11.7. The molecule has 0 aliphatic carbocycles. The molecule has 0 radical (unpaired) electrons. The summed E-state index contributed by atoms with van der Waals surface area (Å²) >= 11 is 7.50. The largest absolute Gasteiger partial charge is 0.456 e. The first-order chi connectivity index (χ1) is 10.1. The van der Waals surface area contributed by atoms with Gasteiger partial charge in [0.1, 0.15) is 0 Å². The van der Waals surface area contributed by atoms with Gasteiger partial charge in [-0.2, -0.15) is 11.3 Å². The molecule has 1 aromatic carbocycles. The summed E-state index contributed by atoms with van der Waals surface area (Å²) in [6.07, 6.45) is 0.880. The van der Waals surface area contributed by atoms with Crippen LogP contribution in [0.25, 0.3) is 0 Å². The quantitative estimate of drug-likeness (QED) is 0.828. The van der Waals surface area contributed by atoms with E-state index >= 15 is 0 Å². The van der Waals surface area contributed by atoms with Gasteiger partial charge in [0.25, 0.3) is 5.91 Å². The van der Waals surface area contributed by atoms with Crippen molar-refractivity contribution in [2.45, 2.75) is 12.8 Å². The van der Waals surface area contributed by atoms with Crippen LogP contribution in [0.4, 0.5) is 5.69 Å². The zero-order chi connectivity index (χ0) is 15.1. The van der Waals surface area contributed by atoms with Gasteiger partial charge in [-0.1, -0.05) is 23.7 Å². The summed E-state index contributed by atoms with van der Waals surface area (Å²) in [6, 6.07) is 8.83. The standard InChI is InChI=1S/C15H14ClNO3S/c16-12-3-1-2-4-13(12)17-14(18)9-20-15(19)6-5-11-7-8-21-10-11/h1-4,7-8,10H,5-6,9H2,(H,17,18). The number of amides is 1. The molecule has 2 aromatic rings. The van der Waals surface area contributed by atoms with Crippen LogP contribution in [0.3, 0.4) is 0 Å². The number of para-hydroxylation sites is 1. The fourth-order valence-electron chi connectivity index (χ4n) is 1.65. The first-order valence-corrected chi connectivity index (χ1v) is 7.68. The Morgan fingerprint density at radius 2 is 2.05 bits per heavy atom. The molecule has 0 aliphatic heterocycles. The summed E-state index contributed by atoms with van der Waals surface area (Å²) in [5, 5.41) is 6.97. The van der Waals surface area contributed by atoms with Crippen LogP contribution in [0.1, 0.15) is 12.0 Å². The number of carbonyl (C=O) groups excluding carboxylic acids is 2. The summed E-state index contributed by atoms with van der Waals surface area (Å²) < 4.78 is 4.92. The number of esters is 1. The van der Waals surface area contributed by atoms with Crippen LogP contribution in [0.15, 0.2) is 41.1 Å². The van der Waals surface area contributed by atoms with Gasteiger partial charge in [0.2, 0.25) is 0 Å². The van der Waals surface area contributed by atoms with Gasteiger partial charge in [-0.3, -0.25) is 9.59 Å². The summed E-state index contributed by atoms with van der Waals surface area (Å²) in [7, 11) is 0. The number of nitrogens with one attached hydrogen (secondary N) is 1. The molecule has 0 fully saturated rings. The Balaban J connectivity index is 1.71. The van der Waals surface area contributed by atoms with Crippen LogP contribution in [-0.4, -0.2) is 18.5 Å². The number of hydrogen-bond acceptors (Lipinski definition) is 4. The van der Waals surface area contributed by atoms with E-state index in [4.69, 9.17) is 16.3 Å². The number of aryl methyl sites for hydroxylation is 1. The highest BCUT2D eigenvalue weighted by Gasteiger charge is 2.09. The minimum absolute atomic E-state index is 0.260. The van der Waals surface area contributed by atoms with Gasteiger partial charge in [0, 0.05) is 6.42 Å². The van der Waals surface area contributed by atoms with Crippen molar-refractivity contribution in [3.8, 4) is 0 Å². The molecule has 1 N–H and O–H groups in total. The van der Waals surface area contributed by atoms with Gasteiger partial charge in [0.05, 0.1) is 10.7 Å². The maximum Gasteiger partial charge on any atom is 0.306 e. The second kappa shape index (κ2) is 7.81. The van der Waals surface area contributed by atoms with E-state index in [-0.39, 0.29) is 13.0 Å². The third kappa shape index (κ3) is 5.21. The molecule has 4 nitrogen and oxygen atoms in total. The smallest absolute Gasteiger partial charge is 0.306 e. The van der Waals surface area contributed by atoms with Gasteiger partial charge >= 0.3 is 5.97 Å². The Morgan fingerprint density at radius 1 is 1.24 bits per heavy atom. The van der Waals surface area contributed by atoms with Crippen molar-refractivity contribution in [1.29, 1.82) is 0 Å². The number of benzene rings is 1. The van der Waals surface area contributed by atoms with Crippen LogP contribution in [0.5, 0.6) is 0 Å². The van der Waals surface area contributed by atoms with Crippen molar-refractivity contribution in [3.05, 3.63) is 51.7 Å². The highest BCUT2D eigenvalue weighted by molar-refractivity contribution is 7.07. The topological polar surface area (TPSA) is 55.4 Å². The number of halogens is 1. The van der Waals surface area contributed by atoms with Crippen LogP contribution in [0.2, 0.25) is 5.02 Å². The third-order valence-corrected chi connectivity index (χ3v) is 3.77. The van der Waals surface area contributed by atoms with Crippen molar-refractivity contribution in [2.75, 3.05) is 11.9 Å². The molecule has 0 spiro atoms. The molecular formula is C15H14ClNO3S. The molecule has 1 heterocycles. The monoisotopic (exact) mass is 323 g/mol. The van der Waals surface area contributed by atoms with E-state index in [0.717, 1.165) is 5.56 Å². The van der Waals surface area contributed by atoms with Gasteiger partial charge in [-0.15, -0.1) is 0 Å². The fourth-order valence-corrected chi connectivity index (χ4v) is 2.53. The second-order valence-corrected chi connectivity index (χ2v) is 5.51. The maximum atomic E-state index is 11.7. The fraction of sp³-hybridized carbons (Fsp3) is 0.200. The number of carbonyl (C=O) groups is 2. The predicted molar refractivity (Wildman–Crippen MR) is 83.7 cm³/mol. The van der Waals surface area contributed by atoms with E-state index in [1.165, 1.54) is 0 Å². The van der Waals surface area contributed by atoms with Crippen molar-refractivity contribution in [1.82, 2.24) is 0 Å². The molecule has 110 valence electrons. The zero-order valence-electron chi connectivity index (χ0n) is 11.2. The lowest BCUT2D eigenvalue weighted by molar-refractivity contribution is -0.147. The summed E-state index contributed by atoms with van der Waals surface area (Å²) in [5.41, 5.74) is 1.59. The molecule has 0 saturated heterocycles. The number of anilines is 1. The van der Waals surface area contributed by atoms with Crippen LogP contribution < -0.4 is 5.32 Å². The molecule has 0 saturated carbocycles. The zero-order valence-corrected chi connectivity index (χ0v) is 12.7. The Hall–Kier alpha value is -1.85. The van der Waals surface area contributed by atoms with Crippen LogP contribution in [0, 0.1) is 0 Å². The summed E-state index contributed by atoms with van der Waals surface area (Å²) in [5.74, 6) is -0.803. The first-order valence-electron chi connectivity index (χ1n) is 6.36. The number of thiophene rings is 1. The molecule has 0 aliphatic rings. The lowest BCUT2D eigenvalue weighted by Crippen LogP contribution is -2.21. The lowest BCUT2D eigenvalue weighted by atomic mass is 10.2. The molecule has 6 heteroatoms. The number of rotatable bonds is 6. The summed E-state index contributed by atoms with van der Waals surface area (Å²) in [4.78, 5) is 23.2. The van der Waals surface area contributed by atoms with E-state index in [0.29, 0.717) is 17.1 Å². The molecular weight excluding hydrogens is 310 g/mol. The molecule has 0 atom stereocenters. The van der Waals surface area contributed by atoms with Crippen molar-refractivity contribution in [2.24, 2.45) is 0 Å². The average molecular weight is 324 g/mol. The highest BCUT2D eigenvalue weighted by atomic mass is 35.5. The Morgan fingerprint density at radius 3 is 2.76 bits per heavy atom. The Labute approximate surface area is 131 Å². The molecule has 21 heavy (non-hydrogen) atoms. The van der Waals surface area contributed by atoms with E-state index in [1.54, 1.807) is 35.6 Å².